The molecule has 3 rings (SSSR count). The number of ketones is 1. The van der Waals surface area contributed by atoms with Gasteiger partial charge in [-0.2, -0.15) is 0 Å². The molecule has 92 valence electrons. The van der Waals surface area contributed by atoms with Gasteiger partial charge in [-0.1, -0.05) is 38.1 Å². The maximum absolute atomic E-state index is 12.5. The van der Waals surface area contributed by atoms with Crippen molar-refractivity contribution in [2.24, 2.45) is 5.41 Å². The Morgan fingerprint density at radius 1 is 1.11 bits per heavy atom. The normalized spacial score (nSPS) is 24.7. The van der Waals surface area contributed by atoms with Crippen LogP contribution in [-0.2, 0) is 9.53 Å². The van der Waals surface area contributed by atoms with E-state index in [0.717, 1.165) is 0 Å². The first kappa shape index (κ1) is 11.2. The van der Waals surface area contributed by atoms with Gasteiger partial charge in [0.05, 0.1) is 5.57 Å². The van der Waals surface area contributed by atoms with Gasteiger partial charge in [0.2, 0.25) is 0 Å². The number of carbonyl (C=O) groups excluding carboxylic acids is 2. The van der Waals surface area contributed by atoms with Gasteiger partial charge in [0, 0.05) is 22.1 Å². The predicted molar refractivity (Wildman–Crippen MR) is 67.0 cm³/mol. The van der Waals surface area contributed by atoms with E-state index in [-0.39, 0.29) is 17.9 Å². The topological polar surface area (TPSA) is 43.4 Å². The zero-order chi connectivity index (χ0) is 13.1. The minimum atomic E-state index is -0.445. The molecule has 1 aliphatic carbocycles. The van der Waals surface area contributed by atoms with Crippen molar-refractivity contribution in [1.29, 1.82) is 0 Å². The first-order valence-corrected chi connectivity index (χ1v) is 6.04. The Bertz CT molecular complexity index is 608. The van der Waals surface area contributed by atoms with Gasteiger partial charge in [0.15, 0.2) is 5.78 Å². The summed E-state index contributed by atoms with van der Waals surface area (Å²) in [6.45, 7) is 5.73. The molecular weight excluding hydrogens is 228 g/mol. The minimum absolute atomic E-state index is 0.0332. The molecule has 18 heavy (non-hydrogen) atoms. The van der Waals surface area contributed by atoms with Crippen LogP contribution in [0.15, 0.2) is 29.8 Å². The van der Waals surface area contributed by atoms with E-state index in [1.807, 2.05) is 39.0 Å². The molecule has 0 fully saturated rings. The van der Waals surface area contributed by atoms with E-state index in [1.54, 1.807) is 6.07 Å². The number of fused-ring (bicyclic) bond motifs is 2. The second-order valence-electron chi connectivity index (χ2n) is 5.39. The zero-order valence-corrected chi connectivity index (χ0v) is 10.6. The lowest BCUT2D eigenvalue weighted by Crippen LogP contribution is -2.39. The van der Waals surface area contributed by atoms with Crippen LogP contribution in [0.5, 0.6) is 0 Å². The van der Waals surface area contributed by atoms with Gasteiger partial charge in [0.25, 0.3) is 0 Å². The van der Waals surface area contributed by atoms with Crippen molar-refractivity contribution >= 4 is 17.3 Å². The summed E-state index contributed by atoms with van der Waals surface area (Å²) in [5.41, 5.74) is 1.94. The highest BCUT2D eigenvalue weighted by Crippen LogP contribution is 2.48. The van der Waals surface area contributed by atoms with Gasteiger partial charge in [-0.3, -0.25) is 4.79 Å². The number of carbonyl (C=O) groups is 2. The molecule has 0 radical (unpaired) electrons. The molecule has 1 aromatic rings. The van der Waals surface area contributed by atoms with Crippen molar-refractivity contribution in [3.63, 3.8) is 0 Å². The Labute approximate surface area is 105 Å². The molecule has 1 unspecified atom stereocenters. The molecule has 0 N–H and O–H groups in total. The van der Waals surface area contributed by atoms with Gasteiger partial charge in [-0.15, -0.1) is 0 Å². The van der Waals surface area contributed by atoms with Crippen molar-refractivity contribution in [3.8, 4) is 0 Å². The second kappa shape index (κ2) is 3.31. The molecule has 0 bridgehead atoms. The SMILES string of the molecule is CC1OC(=O)C2=C(C(=O)c3ccccc32)C1(C)C. The number of ether oxygens (including phenoxy) is 1. The average Bonchev–Trinajstić information content (AvgIpc) is 2.63. The van der Waals surface area contributed by atoms with E-state index < -0.39 is 5.41 Å². The third-order valence-electron chi connectivity index (χ3n) is 4.07. The molecule has 0 saturated heterocycles. The Morgan fingerprint density at radius 2 is 1.72 bits per heavy atom. The lowest BCUT2D eigenvalue weighted by Gasteiger charge is -2.36. The summed E-state index contributed by atoms with van der Waals surface area (Å²) in [6.07, 6.45) is -0.290. The largest absolute Gasteiger partial charge is 0.458 e. The fourth-order valence-electron chi connectivity index (χ4n) is 2.68. The minimum Gasteiger partial charge on any atom is -0.458 e. The summed E-state index contributed by atoms with van der Waals surface area (Å²) in [4.78, 5) is 24.5. The van der Waals surface area contributed by atoms with Crippen LogP contribution in [0.2, 0.25) is 0 Å². The molecule has 0 amide bonds. The van der Waals surface area contributed by atoms with Crippen molar-refractivity contribution in [2.45, 2.75) is 26.9 Å². The van der Waals surface area contributed by atoms with E-state index in [4.69, 9.17) is 4.74 Å². The smallest absolute Gasteiger partial charge is 0.339 e. The molecule has 2 aliphatic rings. The summed E-state index contributed by atoms with van der Waals surface area (Å²) in [6, 6.07) is 7.23. The number of hydrogen-bond acceptors (Lipinski definition) is 3. The third-order valence-corrected chi connectivity index (χ3v) is 4.07. The maximum Gasteiger partial charge on any atom is 0.339 e. The van der Waals surface area contributed by atoms with E-state index in [1.165, 1.54) is 0 Å². The molecular formula is C15H14O3. The van der Waals surface area contributed by atoms with Crippen LogP contribution in [0.4, 0.5) is 0 Å². The van der Waals surface area contributed by atoms with Crippen LogP contribution in [0.3, 0.4) is 0 Å². The predicted octanol–water partition coefficient (Wildman–Crippen LogP) is 2.61. The van der Waals surface area contributed by atoms with Crippen molar-refractivity contribution < 1.29 is 14.3 Å². The van der Waals surface area contributed by atoms with Crippen molar-refractivity contribution in [1.82, 2.24) is 0 Å². The van der Waals surface area contributed by atoms with Crippen LogP contribution in [0, 0.1) is 5.41 Å². The Balaban J connectivity index is 2.32. The quantitative estimate of drug-likeness (QED) is 0.657. The molecule has 1 heterocycles. The summed E-state index contributed by atoms with van der Waals surface area (Å²) >= 11 is 0. The van der Waals surface area contributed by atoms with Crippen LogP contribution in [-0.4, -0.2) is 17.9 Å². The monoisotopic (exact) mass is 242 g/mol. The second-order valence-corrected chi connectivity index (χ2v) is 5.39. The summed E-state index contributed by atoms with van der Waals surface area (Å²) in [5.74, 6) is -0.413. The molecule has 1 atom stereocenters. The highest BCUT2D eigenvalue weighted by molar-refractivity contribution is 6.34. The molecule has 3 nitrogen and oxygen atoms in total. The zero-order valence-electron chi connectivity index (χ0n) is 10.6. The van der Waals surface area contributed by atoms with E-state index in [9.17, 15) is 9.59 Å². The standard InChI is InChI=1S/C15H14O3/c1-8-15(2,3)12-11(14(17)18-8)9-6-4-5-7-10(9)13(12)16/h4-8H,1-3H3. The van der Waals surface area contributed by atoms with Crippen LogP contribution >= 0.6 is 0 Å². The highest BCUT2D eigenvalue weighted by atomic mass is 16.5. The summed E-state index contributed by atoms with van der Waals surface area (Å²) in [7, 11) is 0. The molecule has 0 saturated carbocycles. The number of cyclic esters (lactones) is 1. The Hall–Kier alpha value is -1.90. The Morgan fingerprint density at radius 3 is 2.39 bits per heavy atom. The molecule has 0 aromatic heterocycles. The van der Waals surface area contributed by atoms with Gasteiger partial charge in [-0.05, 0) is 6.92 Å². The number of Topliss-reactive ketones (excluding diaryl/α,β-unsaturated/α-hetero) is 1. The van der Waals surface area contributed by atoms with Crippen molar-refractivity contribution in [3.05, 3.63) is 41.0 Å². The average molecular weight is 242 g/mol. The molecule has 0 spiro atoms. The third kappa shape index (κ3) is 1.19. The fourth-order valence-corrected chi connectivity index (χ4v) is 2.68. The van der Waals surface area contributed by atoms with Crippen LogP contribution in [0.1, 0.15) is 36.7 Å². The lowest BCUT2D eigenvalue weighted by molar-refractivity contribution is -0.147. The van der Waals surface area contributed by atoms with Crippen LogP contribution in [0.25, 0.3) is 5.57 Å². The van der Waals surface area contributed by atoms with Crippen molar-refractivity contribution in [2.75, 3.05) is 0 Å². The van der Waals surface area contributed by atoms with E-state index >= 15 is 0 Å². The first-order valence-electron chi connectivity index (χ1n) is 6.04. The van der Waals surface area contributed by atoms with Crippen LogP contribution < -0.4 is 0 Å². The van der Waals surface area contributed by atoms with Gasteiger partial charge in [-0.25, -0.2) is 4.79 Å². The summed E-state index contributed by atoms with van der Waals surface area (Å²) in [5, 5.41) is 0. The number of rotatable bonds is 0. The van der Waals surface area contributed by atoms with E-state index in [2.05, 4.69) is 0 Å². The molecule has 1 aliphatic heterocycles. The van der Waals surface area contributed by atoms with Gasteiger partial charge >= 0.3 is 5.97 Å². The number of benzene rings is 1. The number of esters is 1. The first-order chi connectivity index (χ1) is 8.44. The molecule has 1 aromatic carbocycles. The van der Waals surface area contributed by atoms with E-state index in [0.29, 0.717) is 22.3 Å². The fraction of sp³-hybridized carbons (Fsp3) is 0.333. The highest BCUT2D eigenvalue weighted by Gasteiger charge is 2.48. The summed E-state index contributed by atoms with van der Waals surface area (Å²) < 4.78 is 5.37. The van der Waals surface area contributed by atoms with Gasteiger partial charge < -0.3 is 4.74 Å². The Kier molecular flexibility index (Phi) is 2.06. The van der Waals surface area contributed by atoms with Gasteiger partial charge in [0.1, 0.15) is 6.10 Å². The lowest BCUT2D eigenvalue weighted by atomic mass is 9.75. The molecule has 3 heteroatoms. The maximum atomic E-state index is 12.5. The number of hydrogen-bond donors (Lipinski definition) is 0.